The first-order chi connectivity index (χ1) is 17.1. The minimum Gasteiger partial charge on any atom is -0.494 e. The monoisotopic (exact) mass is 465 g/mol. The molecule has 6 heteroatoms. The molecule has 4 aromatic carbocycles. The molecule has 2 amide bonds. The number of amides is 2. The highest BCUT2D eigenvalue weighted by Gasteiger charge is 2.15. The van der Waals surface area contributed by atoms with Crippen LogP contribution in [0.1, 0.15) is 34.1 Å². The largest absolute Gasteiger partial charge is 0.494 e. The van der Waals surface area contributed by atoms with Crippen molar-refractivity contribution < 1.29 is 14.3 Å². The molecule has 35 heavy (non-hydrogen) atoms. The molecular formula is C29H27N3O3. The van der Waals surface area contributed by atoms with Gasteiger partial charge in [-0.1, -0.05) is 43.3 Å². The summed E-state index contributed by atoms with van der Waals surface area (Å²) in [6.45, 7) is 2.60. The number of carbonyl (C=O) groups excluding carboxylic acids is 2. The number of para-hydroxylation sites is 2. The second-order valence-electron chi connectivity index (χ2n) is 7.90. The maximum Gasteiger partial charge on any atom is 0.257 e. The SMILES string of the molecule is CCCOc1cccc(C(=O)Nc2ccccc2C(=O)Nc2ccc(Nc3ccccc3)cc2)c1. The summed E-state index contributed by atoms with van der Waals surface area (Å²) in [5.41, 5.74) is 3.79. The van der Waals surface area contributed by atoms with Crippen molar-refractivity contribution in [2.75, 3.05) is 22.6 Å². The molecule has 176 valence electrons. The molecule has 0 unspecified atom stereocenters. The minimum atomic E-state index is -0.316. The van der Waals surface area contributed by atoms with E-state index < -0.39 is 0 Å². The Morgan fingerprint density at radius 2 is 1.37 bits per heavy atom. The first kappa shape index (κ1) is 23.6. The van der Waals surface area contributed by atoms with Gasteiger partial charge in [0, 0.05) is 22.6 Å². The molecular weight excluding hydrogens is 438 g/mol. The lowest BCUT2D eigenvalue weighted by molar-refractivity contribution is 0.102. The van der Waals surface area contributed by atoms with Crippen LogP contribution in [0.4, 0.5) is 22.7 Å². The van der Waals surface area contributed by atoms with Crippen LogP contribution in [0.2, 0.25) is 0 Å². The van der Waals surface area contributed by atoms with E-state index in [4.69, 9.17) is 4.74 Å². The summed E-state index contributed by atoms with van der Waals surface area (Å²) >= 11 is 0. The van der Waals surface area contributed by atoms with Crippen LogP contribution in [0.3, 0.4) is 0 Å². The van der Waals surface area contributed by atoms with E-state index in [0.29, 0.717) is 34.9 Å². The first-order valence-corrected chi connectivity index (χ1v) is 11.5. The highest BCUT2D eigenvalue weighted by Crippen LogP contribution is 2.22. The summed E-state index contributed by atoms with van der Waals surface area (Å²) < 4.78 is 5.62. The van der Waals surface area contributed by atoms with Gasteiger partial charge in [-0.25, -0.2) is 0 Å². The molecule has 0 aliphatic carbocycles. The third kappa shape index (κ3) is 6.48. The molecule has 4 rings (SSSR count). The van der Waals surface area contributed by atoms with Crippen LogP contribution in [0.5, 0.6) is 5.75 Å². The molecule has 0 spiro atoms. The topological polar surface area (TPSA) is 79.5 Å². The van der Waals surface area contributed by atoms with Crippen LogP contribution in [0, 0.1) is 0 Å². The van der Waals surface area contributed by atoms with E-state index in [1.807, 2.05) is 67.6 Å². The van der Waals surface area contributed by atoms with Crippen molar-refractivity contribution in [3.63, 3.8) is 0 Å². The fourth-order valence-electron chi connectivity index (χ4n) is 3.46. The van der Waals surface area contributed by atoms with Crippen molar-refractivity contribution >= 4 is 34.6 Å². The van der Waals surface area contributed by atoms with E-state index in [9.17, 15) is 9.59 Å². The summed E-state index contributed by atoms with van der Waals surface area (Å²) in [5.74, 6) is 0.00367. The third-order valence-electron chi connectivity index (χ3n) is 5.19. The average molecular weight is 466 g/mol. The van der Waals surface area contributed by atoms with Gasteiger partial charge in [-0.3, -0.25) is 9.59 Å². The lowest BCUT2D eigenvalue weighted by atomic mass is 10.1. The van der Waals surface area contributed by atoms with Crippen molar-refractivity contribution in [2.45, 2.75) is 13.3 Å². The molecule has 0 heterocycles. The zero-order valence-electron chi connectivity index (χ0n) is 19.5. The highest BCUT2D eigenvalue weighted by atomic mass is 16.5. The van der Waals surface area contributed by atoms with Crippen molar-refractivity contribution in [3.8, 4) is 5.75 Å². The Morgan fingerprint density at radius 3 is 2.14 bits per heavy atom. The molecule has 0 saturated heterocycles. The molecule has 3 N–H and O–H groups in total. The van der Waals surface area contributed by atoms with Gasteiger partial charge in [-0.2, -0.15) is 0 Å². The highest BCUT2D eigenvalue weighted by molar-refractivity contribution is 6.12. The van der Waals surface area contributed by atoms with Gasteiger partial charge in [0.25, 0.3) is 11.8 Å². The standard InChI is InChI=1S/C29H27N3O3/c1-2-19-35-25-12-8-9-21(20-25)28(33)32-27-14-7-6-13-26(27)29(34)31-24-17-15-23(16-18-24)30-22-10-4-3-5-11-22/h3-18,20,30H,2,19H2,1H3,(H,31,34)(H,32,33). The molecule has 6 nitrogen and oxygen atoms in total. The number of hydrogen-bond acceptors (Lipinski definition) is 4. The van der Waals surface area contributed by atoms with Crippen molar-refractivity contribution in [3.05, 3.63) is 114 Å². The van der Waals surface area contributed by atoms with Crippen molar-refractivity contribution in [2.24, 2.45) is 0 Å². The summed E-state index contributed by atoms with van der Waals surface area (Å²) in [6.07, 6.45) is 0.880. The third-order valence-corrected chi connectivity index (χ3v) is 5.19. The van der Waals surface area contributed by atoms with Crippen molar-refractivity contribution in [1.82, 2.24) is 0 Å². The lowest BCUT2D eigenvalue weighted by Crippen LogP contribution is -2.18. The fraction of sp³-hybridized carbons (Fsp3) is 0.103. The number of rotatable bonds is 9. The molecule has 0 bridgehead atoms. The van der Waals surface area contributed by atoms with E-state index in [1.165, 1.54) is 0 Å². The number of benzene rings is 4. The molecule has 0 radical (unpaired) electrons. The van der Waals surface area contributed by atoms with Gasteiger partial charge < -0.3 is 20.7 Å². The average Bonchev–Trinajstić information content (AvgIpc) is 2.89. The Hall–Kier alpha value is -4.58. The Bertz CT molecular complexity index is 1290. The Labute approximate surface area is 205 Å². The predicted octanol–water partition coefficient (Wildman–Crippen LogP) is 6.72. The van der Waals surface area contributed by atoms with Gasteiger partial charge in [0.1, 0.15) is 5.75 Å². The second-order valence-corrected chi connectivity index (χ2v) is 7.90. The van der Waals surface area contributed by atoms with Gasteiger partial charge in [0.2, 0.25) is 0 Å². The zero-order valence-corrected chi connectivity index (χ0v) is 19.5. The lowest BCUT2D eigenvalue weighted by Gasteiger charge is -2.13. The van der Waals surface area contributed by atoms with E-state index in [0.717, 1.165) is 17.8 Å². The summed E-state index contributed by atoms with van der Waals surface area (Å²) in [5, 5.41) is 9.05. The Kier molecular flexibility index (Phi) is 7.76. The quantitative estimate of drug-likeness (QED) is 0.256. The Balaban J connectivity index is 1.43. The number of anilines is 4. The smallest absolute Gasteiger partial charge is 0.257 e. The zero-order chi connectivity index (χ0) is 24.5. The van der Waals surface area contributed by atoms with Gasteiger partial charge in [0.05, 0.1) is 17.9 Å². The van der Waals surface area contributed by atoms with E-state index in [1.54, 1.807) is 42.5 Å². The molecule has 0 atom stereocenters. The maximum absolute atomic E-state index is 13.0. The van der Waals surface area contributed by atoms with E-state index >= 15 is 0 Å². The summed E-state index contributed by atoms with van der Waals surface area (Å²) in [4.78, 5) is 25.9. The molecule has 0 aliphatic rings. The van der Waals surface area contributed by atoms with Crippen LogP contribution < -0.4 is 20.7 Å². The Morgan fingerprint density at radius 1 is 0.686 bits per heavy atom. The first-order valence-electron chi connectivity index (χ1n) is 11.5. The van der Waals surface area contributed by atoms with E-state index in [2.05, 4.69) is 16.0 Å². The number of ether oxygens (including phenoxy) is 1. The van der Waals surface area contributed by atoms with Gasteiger partial charge >= 0.3 is 0 Å². The molecule has 0 aliphatic heterocycles. The number of nitrogens with one attached hydrogen (secondary N) is 3. The van der Waals surface area contributed by atoms with Crippen LogP contribution in [-0.4, -0.2) is 18.4 Å². The summed E-state index contributed by atoms with van der Waals surface area (Å²) in [7, 11) is 0. The van der Waals surface area contributed by atoms with Gasteiger partial charge in [-0.05, 0) is 73.2 Å². The predicted molar refractivity (Wildman–Crippen MR) is 141 cm³/mol. The molecule has 4 aromatic rings. The van der Waals surface area contributed by atoms with Crippen LogP contribution >= 0.6 is 0 Å². The number of carbonyl (C=O) groups is 2. The second kappa shape index (κ2) is 11.5. The van der Waals surface area contributed by atoms with Crippen LogP contribution in [0.25, 0.3) is 0 Å². The van der Waals surface area contributed by atoms with Gasteiger partial charge in [0.15, 0.2) is 0 Å². The van der Waals surface area contributed by atoms with Crippen LogP contribution in [0.15, 0.2) is 103 Å². The summed E-state index contributed by atoms with van der Waals surface area (Å²) in [6, 6.07) is 31.2. The number of hydrogen-bond donors (Lipinski definition) is 3. The van der Waals surface area contributed by atoms with Crippen molar-refractivity contribution in [1.29, 1.82) is 0 Å². The minimum absolute atomic E-state index is 0.315. The van der Waals surface area contributed by atoms with E-state index in [-0.39, 0.29) is 11.8 Å². The van der Waals surface area contributed by atoms with Gasteiger partial charge in [-0.15, -0.1) is 0 Å². The maximum atomic E-state index is 13.0. The molecule has 0 fully saturated rings. The normalized spacial score (nSPS) is 10.3. The molecule has 0 aromatic heterocycles. The van der Waals surface area contributed by atoms with Crippen LogP contribution in [-0.2, 0) is 0 Å². The molecule has 0 saturated carbocycles. The fourth-order valence-corrected chi connectivity index (χ4v) is 3.46.